The van der Waals surface area contributed by atoms with Crippen LogP contribution < -0.4 is 29.8 Å². The first-order chi connectivity index (χ1) is 28.5. The highest BCUT2D eigenvalue weighted by Gasteiger charge is 2.16. The van der Waals surface area contributed by atoms with Crippen molar-refractivity contribution < 1.29 is 32.5 Å². The molecule has 0 aliphatic carbocycles. The first-order valence-electron chi connectivity index (χ1n) is 18.8. The second-order valence-electron chi connectivity index (χ2n) is 13.4. The smallest absolute Gasteiger partial charge is 0.197 e. The highest BCUT2D eigenvalue weighted by Crippen LogP contribution is 2.33. The monoisotopic (exact) mass is 777 g/mol. The minimum absolute atomic E-state index is 0.0263. The summed E-state index contributed by atoms with van der Waals surface area (Å²) in [4.78, 5) is 26.3. The van der Waals surface area contributed by atoms with E-state index in [0.717, 1.165) is 23.2 Å². The van der Waals surface area contributed by atoms with E-state index in [1.54, 1.807) is 35.0 Å². The van der Waals surface area contributed by atoms with Crippen molar-refractivity contribution in [3.8, 4) is 45.6 Å². The van der Waals surface area contributed by atoms with Crippen molar-refractivity contribution in [3.05, 3.63) is 165 Å². The third-order valence-corrected chi connectivity index (χ3v) is 9.27. The summed E-state index contributed by atoms with van der Waals surface area (Å²) in [7, 11) is 1.53. The highest BCUT2D eigenvalue weighted by atomic mass is 16.7. The fourth-order valence-corrected chi connectivity index (χ4v) is 6.41. The van der Waals surface area contributed by atoms with Gasteiger partial charge in [-0.25, -0.2) is 4.68 Å². The second kappa shape index (κ2) is 17.7. The van der Waals surface area contributed by atoms with Crippen molar-refractivity contribution >= 4 is 21.9 Å². The van der Waals surface area contributed by atoms with Gasteiger partial charge >= 0.3 is 0 Å². The number of nitrogens with zero attached hydrogens (tertiary/aromatic N) is 3. The molecule has 58 heavy (non-hydrogen) atoms. The Bertz CT molecular complexity index is 2750. The maximum absolute atomic E-state index is 13.4. The van der Waals surface area contributed by atoms with Gasteiger partial charge in [0.1, 0.15) is 53.0 Å². The summed E-state index contributed by atoms with van der Waals surface area (Å²) < 4.78 is 43.0. The lowest BCUT2D eigenvalue weighted by Gasteiger charge is -2.13. The SMILES string of the molecule is COCOc1cc(OCc2ccccc2)c2c(=O)cc(-c3ccc(OCCCc4cn(CCOc5cccc6c(=O)cc(-c7ccccc7)oc56)nn4)cc3)oc2c1. The Morgan fingerprint density at radius 3 is 2.22 bits per heavy atom. The normalized spacial score (nSPS) is 11.2. The van der Waals surface area contributed by atoms with Gasteiger partial charge in [-0.15, -0.1) is 5.10 Å². The lowest BCUT2D eigenvalue weighted by atomic mass is 10.1. The molecule has 0 saturated carbocycles. The average Bonchev–Trinajstić information content (AvgIpc) is 3.71. The quantitative estimate of drug-likeness (QED) is 0.0650. The van der Waals surface area contributed by atoms with Crippen molar-refractivity contribution in [1.82, 2.24) is 15.0 Å². The molecule has 0 aliphatic heterocycles. The van der Waals surface area contributed by atoms with Gasteiger partial charge in [0.15, 0.2) is 29.0 Å². The number of para-hydroxylation sites is 1. The van der Waals surface area contributed by atoms with Gasteiger partial charge in [-0.1, -0.05) is 71.9 Å². The highest BCUT2D eigenvalue weighted by molar-refractivity contribution is 5.87. The van der Waals surface area contributed by atoms with Crippen LogP contribution in [0.4, 0.5) is 0 Å². The van der Waals surface area contributed by atoms with Crippen LogP contribution in [0.25, 0.3) is 44.6 Å². The van der Waals surface area contributed by atoms with Crippen molar-refractivity contribution in [1.29, 1.82) is 0 Å². The molecule has 0 N–H and O–H groups in total. The van der Waals surface area contributed by atoms with Crippen LogP contribution in [0.15, 0.2) is 152 Å². The number of ether oxygens (including phenoxy) is 5. The van der Waals surface area contributed by atoms with Crippen LogP contribution in [0, 0.1) is 0 Å². The van der Waals surface area contributed by atoms with Crippen molar-refractivity contribution in [3.63, 3.8) is 0 Å². The molecule has 0 spiro atoms. The molecule has 0 atom stereocenters. The van der Waals surface area contributed by atoms with Crippen LogP contribution in [0.2, 0.25) is 0 Å². The van der Waals surface area contributed by atoms with Gasteiger partial charge in [-0.05, 0) is 54.8 Å². The molecule has 8 aromatic rings. The third kappa shape index (κ3) is 8.93. The summed E-state index contributed by atoms with van der Waals surface area (Å²) >= 11 is 0. The van der Waals surface area contributed by atoms with E-state index in [2.05, 4.69) is 10.3 Å². The molecule has 0 bridgehead atoms. The Balaban J connectivity index is 0.848. The fourth-order valence-electron chi connectivity index (χ4n) is 6.41. The maximum Gasteiger partial charge on any atom is 0.197 e. The van der Waals surface area contributed by atoms with Crippen LogP contribution in [-0.2, 0) is 24.3 Å². The Kier molecular flexibility index (Phi) is 11.5. The second-order valence-corrected chi connectivity index (χ2v) is 13.4. The average molecular weight is 778 g/mol. The molecule has 0 fully saturated rings. The van der Waals surface area contributed by atoms with E-state index < -0.39 is 0 Å². The zero-order valence-corrected chi connectivity index (χ0v) is 31.7. The molecule has 0 unspecified atom stereocenters. The number of fused-ring (bicyclic) bond motifs is 2. The zero-order valence-electron chi connectivity index (χ0n) is 31.7. The molecule has 5 aromatic carbocycles. The molecular formula is C46H39N3O9. The standard InChI is InChI=1S/C46H39N3O9/c1-52-30-56-36-24-43(55-29-31-10-4-2-5-11-31)45-39(51)27-41(57-44(45)25-36)33-17-19-35(20-18-33)53-22-9-14-34-28-49(48-47-34)21-23-54-40-16-8-15-37-38(50)26-42(58-46(37)40)32-12-6-3-7-13-32/h2-8,10-13,15-20,24-28H,9,14,21-23,29-30H2,1H3. The number of hydrogen-bond acceptors (Lipinski definition) is 11. The van der Waals surface area contributed by atoms with E-state index in [1.807, 2.05) is 91.1 Å². The van der Waals surface area contributed by atoms with E-state index in [9.17, 15) is 9.59 Å². The first-order valence-corrected chi connectivity index (χ1v) is 18.8. The minimum atomic E-state index is -0.236. The molecule has 292 valence electrons. The van der Waals surface area contributed by atoms with Crippen molar-refractivity contribution in [2.24, 2.45) is 0 Å². The molecule has 0 aliphatic rings. The molecule has 0 radical (unpaired) electrons. The summed E-state index contributed by atoms with van der Waals surface area (Å²) in [6, 6.07) is 38.2. The molecular weight excluding hydrogens is 739 g/mol. The molecule has 3 heterocycles. The van der Waals surface area contributed by atoms with Crippen molar-refractivity contribution in [2.45, 2.75) is 26.0 Å². The summed E-state index contributed by atoms with van der Waals surface area (Å²) in [6.45, 7) is 1.52. The van der Waals surface area contributed by atoms with Crippen molar-refractivity contribution in [2.75, 3.05) is 27.1 Å². The van der Waals surface area contributed by atoms with Gasteiger partial charge in [0.2, 0.25) is 0 Å². The minimum Gasteiger partial charge on any atom is -0.494 e. The number of aromatic nitrogens is 3. The molecule has 0 amide bonds. The molecule has 12 heteroatoms. The number of rotatable bonds is 17. The van der Waals surface area contributed by atoms with E-state index in [4.69, 9.17) is 32.5 Å². The molecule has 12 nitrogen and oxygen atoms in total. The molecule has 0 saturated heterocycles. The van der Waals surface area contributed by atoms with Crippen LogP contribution in [0.3, 0.4) is 0 Å². The fraction of sp³-hybridized carbons (Fsp3) is 0.174. The van der Waals surface area contributed by atoms with Crippen LogP contribution in [0.5, 0.6) is 23.0 Å². The Morgan fingerprint density at radius 2 is 1.41 bits per heavy atom. The lowest BCUT2D eigenvalue weighted by Crippen LogP contribution is -2.09. The van der Waals surface area contributed by atoms with Crippen LogP contribution >= 0.6 is 0 Å². The zero-order chi connectivity index (χ0) is 39.7. The molecule has 8 rings (SSSR count). The summed E-state index contributed by atoms with van der Waals surface area (Å²) in [5, 5.41) is 9.33. The number of methoxy groups -OCH3 is 1. The lowest BCUT2D eigenvalue weighted by molar-refractivity contribution is 0.0510. The van der Waals surface area contributed by atoms with Gasteiger partial charge in [0.05, 0.1) is 24.2 Å². The Hall–Kier alpha value is -7.18. The largest absolute Gasteiger partial charge is 0.494 e. The summed E-state index contributed by atoms with van der Waals surface area (Å²) in [5.74, 6) is 2.86. The number of aryl methyl sites for hydroxylation is 1. The Labute approximate surface area is 332 Å². The number of benzene rings is 5. The topological polar surface area (TPSA) is 137 Å². The van der Waals surface area contributed by atoms with Gasteiger partial charge < -0.3 is 32.5 Å². The maximum atomic E-state index is 13.4. The summed E-state index contributed by atoms with van der Waals surface area (Å²) in [5.41, 5.74) is 3.69. The van der Waals surface area contributed by atoms with Gasteiger partial charge in [-0.2, -0.15) is 0 Å². The number of hydrogen-bond donors (Lipinski definition) is 0. The van der Waals surface area contributed by atoms with Crippen LogP contribution in [-0.4, -0.2) is 42.1 Å². The van der Waals surface area contributed by atoms with Gasteiger partial charge in [0.25, 0.3) is 0 Å². The van der Waals surface area contributed by atoms with Gasteiger partial charge in [-0.3, -0.25) is 9.59 Å². The Morgan fingerprint density at radius 1 is 0.655 bits per heavy atom. The summed E-state index contributed by atoms with van der Waals surface area (Å²) in [6.07, 6.45) is 3.28. The van der Waals surface area contributed by atoms with E-state index in [-0.39, 0.29) is 24.3 Å². The predicted molar refractivity (Wildman–Crippen MR) is 218 cm³/mol. The van der Waals surface area contributed by atoms with E-state index in [0.29, 0.717) is 88.2 Å². The predicted octanol–water partition coefficient (Wildman–Crippen LogP) is 8.48. The first kappa shape index (κ1) is 37.7. The third-order valence-electron chi connectivity index (χ3n) is 9.27. The van der Waals surface area contributed by atoms with Gasteiger partial charge in [0, 0.05) is 48.7 Å². The van der Waals surface area contributed by atoms with E-state index >= 15 is 0 Å². The van der Waals surface area contributed by atoms with Crippen LogP contribution in [0.1, 0.15) is 17.7 Å². The van der Waals surface area contributed by atoms with E-state index in [1.165, 1.54) is 19.2 Å². The molecule has 3 aromatic heterocycles.